The Morgan fingerprint density at radius 1 is 1.00 bits per heavy atom. The molecule has 0 aromatic rings. The normalized spacial score (nSPS) is 23.8. The van der Waals surface area contributed by atoms with Crippen LogP contribution in [0.1, 0.15) is 67.2 Å². The van der Waals surface area contributed by atoms with E-state index in [1.54, 1.807) is 0 Å². The molecule has 1 aliphatic carbocycles. The van der Waals surface area contributed by atoms with Gasteiger partial charge in [-0.3, -0.25) is 0 Å². The maximum Gasteiger partial charge on any atom is 0.317 e. The number of carbonyl (C=O) groups excluding carboxylic acids is 1. The molecule has 0 unspecified atom stereocenters. The molecule has 0 aromatic carbocycles. The Hall–Kier alpha value is -0.770. The second kappa shape index (κ2) is 6.99. The summed E-state index contributed by atoms with van der Waals surface area (Å²) in [4.78, 5) is 14.6. The molecule has 0 atom stereocenters. The summed E-state index contributed by atoms with van der Waals surface area (Å²) >= 11 is 0. The van der Waals surface area contributed by atoms with Gasteiger partial charge in [0.25, 0.3) is 0 Å². The van der Waals surface area contributed by atoms with Crippen molar-refractivity contribution in [1.29, 1.82) is 0 Å². The minimum Gasteiger partial charge on any atom is -0.393 e. The lowest BCUT2D eigenvalue weighted by Crippen LogP contribution is -2.50. The van der Waals surface area contributed by atoms with E-state index in [0.717, 1.165) is 38.8 Å². The van der Waals surface area contributed by atoms with Crippen molar-refractivity contribution in [2.24, 2.45) is 10.8 Å². The predicted octanol–water partition coefficient (Wildman–Crippen LogP) is 3.39. The predicted molar refractivity (Wildman–Crippen MR) is 87.3 cm³/mol. The summed E-state index contributed by atoms with van der Waals surface area (Å²) in [6, 6.07) is 0.254. The average molecular weight is 298 g/mol. The van der Waals surface area contributed by atoms with E-state index < -0.39 is 0 Å². The SMILES string of the molecule is CC(C)(C)CN(CC(C)(C)C)C(=O)NC1CCC(O)CC1. The zero-order chi connectivity index (χ0) is 16.3. The molecule has 0 radical (unpaired) electrons. The van der Waals surface area contributed by atoms with Crippen LogP contribution in [0.2, 0.25) is 0 Å². The Kier molecular flexibility index (Phi) is 6.09. The van der Waals surface area contributed by atoms with Gasteiger partial charge in [0.05, 0.1) is 6.10 Å². The number of nitrogens with one attached hydrogen (secondary N) is 1. The van der Waals surface area contributed by atoms with Gasteiger partial charge >= 0.3 is 6.03 Å². The molecule has 0 bridgehead atoms. The highest BCUT2D eigenvalue weighted by molar-refractivity contribution is 5.74. The molecule has 21 heavy (non-hydrogen) atoms. The monoisotopic (exact) mass is 298 g/mol. The van der Waals surface area contributed by atoms with Crippen LogP contribution in [0.25, 0.3) is 0 Å². The third-order valence-corrected chi connectivity index (χ3v) is 3.64. The van der Waals surface area contributed by atoms with Crippen molar-refractivity contribution in [2.45, 2.75) is 79.4 Å². The first-order valence-corrected chi connectivity index (χ1v) is 8.20. The molecular formula is C17H34N2O2. The van der Waals surface area contributed by atoms with Crippen molar-refractivity contribution in [2.75, 3.05) is 13.1 Å². The Balaban J connectivity index is 2.62. The van der Waals surface area contributed by atoms with Crippen LogP contribution in [0.15, 0.2) is 0 Å². The third kappa shape index (κ3) is 7.70. The van der Waals surface area contributed by atoms with Crippen molar-refractivity contribution in [3.05, 3.63) is 0 Å². The molecular weight excluding hydrogens is 264 g/mol. The molecule has 0 saturated heterocycles. The van der Waals surface area contributed by atoms with Crippen LogP contribution in [0, 0.1) is 10.8 Å². The molecule has 4 heteroatoms. The summed E-state index contributed by atoms with van der Waals surface area (Å²) in [7, 11) is 0. The lowest BCUT2D eigenvalue weighted by atomic mass is 9.91. The maximum atomic E-state index is 12.6. The van der Waals surface area contributed by atoms with E-state index in [0.29, 0.717) is 0 Å². The minimum atomic E-state index is -0.182. The fourth-order valence-electron chi connectivity index (χ4n) is 2.83. The van der Waals surface area contributed by atoms with E-state index in [9.17, 15) is 9.90 Å². The fraction of sp³-hybridized carbons (Fsp3) is 0.941. The highest BCUT2D eigenvalue weighted by Crippen LogP contribution is 2.22. The summed E-state index contributed by atoms with van der Waals surface area (Å²) in [5.41, 5.74) is 0.177. The van der Waals surface area contributed by atoms with Crippen LogP contribution in [0.4, 0.5) is 4.79 Å². The van der Waals surface area contributed by atoms with Crippen LogP contribution >= 0.6 is 0 Å². The van der Waals surface area contributed by atoms with E-state index >= 15 is 0 Å². The van der Waals surface area contributed by atoms with Gasteiger partial charge in [-0.05, 0) is 36.5 Å². The quantitative estimate of drug-likeness (QED) is 0.839. The van der Waals surface area contributed by atoms with E-state index in [1.165, 1.54) is 0 Å². The largest absolute Gasteiger partial charge is 0.393 e. The lowest BCUT2D eigenvalue weighted by Gasteiger charge is -2.36. The Bertz CT molecular complexity index is 318. The molecule has 4 nitrogen and oxygen atoms in total. The second-order valence-corrected chi connectivity index (χ2v) is 8.93. The Morgan fingerprint density at radius 3 is 1.81 bits per heavy atom. The molecule has 0 spiro atoms. The first-order chi connectivity index (χ1) is 9.46. The van der Waals surface area contributed by atoms with Crippen molar-refractivity contribution < 1.29 is 9.90 Å². The van der Waals surface area contributed by atoms with E-state index in [-0.39, 0.29) is 29.0 Å². The van der Waals surface area contributed by atoms with Crippen molar-refractivity contribution in [3.63, 3.8) is 0 Å². The summed E-state index contributed by atoms with van der Waals surface area (Å²) in [5.74, 6) is 0. The number of nitrogens with zero attached hydrogens (tertiary/aromatic N) is 1. The Morgan fingerprint density at radius 2 is 1.43 bits per heavy atom. The van der Waals surface area contributed by atoms with Gasteiger partial charge in [-0.2, -0.15) is 0 Å². The topological polar surface area (TPSA) is 52.6 Å². The van der Waals surface area contributed by atoms with Crippen LogP contribution in [-0.2, 0) is 0 Å². The van der Waals surface area contributed by atoms with Crippen LogP contribution < -0.4 is 5.32 Å². The zero-order valence-electron chi connectivity index (χ0n) is 14.7. The number of hydrogen-bond donors (Lipinski definition) is 2. The molecule has 2 amide bonds. The lowest BCUT2D eigenvalue weighted by molar-refractivity contribution is 0.110. The number of carbonyl (C=O) groups is 1. The van der Waals surface area contributed by atoms with Crippen LogP contribution in [0.5, 0.6) is 0 Å². The van der Waals surface area contributed by atoms with Crippen molar-refractivity contribution in [1.82, 2.24) is 10.2 Å². The number of hydrogen-bond acceptors (Lipinski definition) is 2. The number of aliphatic hydroxyl groups excluding tert-OH is 1. The molecule has 0 heterocycles. The van der Waals surface area contributed by atoms with Gasteiger partial charge in [-0.1, -0.05) is 41.5 Å². The van der Waals surface area contributed by atoms with Gasteiger partial charge in [-0.25, -0.2) is 4.79 Å². The van der Waals surface area contributed by atoms with Gasteiger partial charge in [0.2, 0.25) is 0 Å². The number of amides is 2. The van der Waals surface area contributed by atoms with Gasteiger partial charge in [0.1, 0.15) is 0 Å². The summed E-state index contributed by atoms with van der Waals surface area (Å²) in [5, 5.41) is 12.7. The first-order valence-electron chi connectivity index (χ1n) is 8.20. The molecule has 124 valence electrons. The van der Waals surface area contributed by atoms with Crippen LogP contribution in [-0.4, -0.2) is 41.3 Å². The summed E-state index contributed by atoms with van der Waals surface area (Å²) < 4.78 is 0. The summed E-state index contributed by atoms with van der Waals surface area (Å²) in [6.45, 7) is 14.5. The average Bonchev–Trinajstić information content (AvgIpc) is 2.27. The highest BCUT2D eigenvalue weighted by Gasteiger charge is 2.28. The molecule has 1 rings (SSSR count). The Labute approximate surface area is 130 Å². The molecule has 1 saturated carbocycles. The number of aliphatic hydroxyl groups is 1. The van der Waals surface area contributed by atoms with Crippen LogP contribution in [0.3, 0.4) is 0 Å². The maximum absolute atomic E-state index is 12.6. The van der Waals surface area contributed by atoms with Gasteiger partial charge in [0.15, 0.2) is 0 Å². The first kappa shape index (κ1) is 18.3. The van der Waals surface area contributed by atoms with Gasteiger partial charge in [-0.15, -0.1) is 0 Å². The highest BCUT2D eigenvalue weighted by atomic mass is 16.3. The standard InChI is InChI=1S/C17H34N2O2/c1-16(2,3)11-19(12-17(4,5)6)15(21)18-13-7-9-14(20)10-8-13/h13-14,20H,7-12H2,1-6H3,(H,18,21). The van der Waals surface area contributed by atoms with Crippen molar-refractivity contribution in [3.8, 4) is 0 Å². The molecule has 1 aliphatic rings. The molecule has 0 aromatic heterocycles. The molecule has 2 N–H and O–H groups in total. The minimum absolute atomic E-state index is 0.0428. The molecule has 0 aliphatic heterocycles. The van der Waals surface area contributed by atoms with Gasteiger partial charge in [0, 0.05) is 19.1 Å². The molecule has 1 fully saturated rings. The van der Waals surface area contributed by atoms with Crippen molar-refractivity contribution >= 4 is 6.03 Å². The summed E-state index contributed by atoms with van der Waals surface area (Å²) in [6.07, 6.45) is 3.17. The van der Waals surface area contributed by atoms with E-state index in [1.807, 2.05) is 4.90 Å². The smallest absolute Gasteiger partial charge is 0.317 e. The fourth-order valence-corrected chi connectivity index (χ4v) is 2.83. The second-order valence-electron chi connectivity index (χ2n) is 8.93. The zero-order valence-corrected chi connectivity index (χ0v) is 14.7. The number of urea groups is 1. The third-order valence-electron chi connectivity index (χ3n) is 3.64. The van der Waals surface area contributed by atoms with E-state index in [4.69, 9.17) is 0 Å². The van der Waals surface area contributed by atoms with E-state index in [2.05, 4.69) is 46.9 Å². The number of rotatable bonds is 3. The van der Waals surface area contributed by atoms with Gasteiger partial charge < -0.3 is 15.3 Å².